The molecule has 4 nitrogen and oxygen atoms in total. The topological polar surface area (TPSA) is 52.5 Å². The summed E-state index contributed by atoms with van der Waals surface area (Å²) in [6, 6.07) is 3.76. The van der Waals surface area contributed by atoms with Gasteiger partial charge in [-0.1, -0.05) is 11.6 Å². The van der Waals surface area contributed by atoms with Crippen LogP contribution in [0.25, 0.3) is 4.96 Å². The van der Waals surface area contributed by atoms with E-state index >= 15 is 0 Å². The summed E-state index contributed by atoms with van der Waals surface area (Å²) >= 11 is 7.59. The first-order valence-electron chi connectivity index (χ1n) is 6.19. The Labute approximate surface area is 125 Å². The number of hydrogen-bond acceptors (Lipinski definition) is 4. The molecular formula is C14H14ClN3OS. The Hall–Kier alpha value is -1.56. The Morgan fingerprint density at radius 2 is 2.05 bits per heavy atom. The van der Waals surface area contributed by atoms with Crippen molar-refractivity contribution in [2.75, 3.05) is 0 Å². The zero-order valence-corrected chi connectivity index (χ0v) is 12.8. The summed E-state index contributed by atoms with van der Waals surface area (Å²) in [5.74, 6) is 1.35. The highest BCUT2D eigenvalue weighted by molar-refractivity contribution is 7.15. The number of nitrogens with two attached hydrogens (primary N) is 1. The maximum Gasteiger partial charge on any atom is 0.243 e. The van der Waals surface area contributed by atoms with Gasteiger partial charge in [0.25, 0.3) is 0 Å². The molecule has 20 heavy (non-hydrogen) atoms. The molecule has 2 N–H and O–H groups in total. The second-order valence-electron chi connectivity index (χ2n) is 4.59. The van der Waals surface area contributed by atoms with Crippen LogP contribution in [0, 0.1) is 13.8 Å². The van der Waals surface area contributed by atoms with Gasteiger partial charge in [-0.25, -0.2) is 0 Å². The van der Waals surface area contributed by atoms with Crippen LogP contribution in [-0.4, -0.2) is 9.38 Å². The molecule has 6 heteroatoms. The normalized spacial score (nSPS) is 11.2. The van der Waals surface area contributed by atoms with E-state index in [-0.39, 0.29) is 0 Å². The molecule has 0 bridgehead atoms. The largest absolute Gasteiger partial charge is 0.437 e. The molecule has 0 radical (unpaired) electrons. The first-order chi connectivity index (χ1) is 9.60. The zero-order chi connectivity index (χ0) is 14.3. The Bertz CT molecular complexity index is 755. The lowest BCUT2D eigenvalue weighted by Gasteiger charge is -2.11. The van der Waals surface area contributed by atoms with Gasteiger partial charge < -0.3 is 10.5 Å². The van der Waals surface area contributed by atoms with Gasteiger partial charge in [0.05, 0.1) is 0 Å². The summed E-state index contributed by atoms with van der Waals surface area (Å²) in [4.78, 5) is 5.37. The Balaban J connectivity index is 2.07. The van der Waals surface area contributed by atoms with Gasteiger partial charge in [-0.2, -0.15) is 4.98 Å². The molecule has 0 amide bonds. The number of halogens is 1. The molecule has 104 valence electrons. The fraction of sp³-hybridized carbons (Fsp3) is 0.214. The highest BCUT2D eigenvalue weighted by Crippen LogP contribution is 2.33. The van der Waals surface area contributed by atoms with Crippen molar-refractivity contribution in [3.63, 3.8) is 0 Å². The fourth-order valence-corrected chi connectivity index (χ4v) is 3.29. The quantitative estimate of drug-likeness (QED) is 0.798. The summed E-state index contributed by atoms with van der Waals surface area (Å²) in [7, 11) is 0. The summed E-state index contributed by atoms with van der Waals surface area (Å²) in [5, 5.41) is 2.68. The molecule has 3 aromatic rings. The molecule has 1 aromatic carbocycles. The van der Waals surface area contributed by atoms with Crippen molar-refractivity contribution in [3.05, 3.63) is 45.6 Å². The van der Waals surface area contributed by atoms with Crippen LogP contribution in [0.1, 0.15) is 16.8 Å². The second kappa shape index (κ2) is 5.09. The first kappa shape index (κ1) is 13.4. The van der Waals surface area contributed by atoms with Crippen molar-refractivity contribution >= 4 is 27.9 Å². The second-order valence-corrected chi connectivity index (χ2v) is 5.90. The number of rotatable bonds is 3. The van der Waals surface area contributed by atoms with Crippen molar-refractivity contribution in [2.45, 2.75) is 20.4 Å². The molecule has 0 saturated carbocycles. The maximum atomic E-state index is 6.04. The highest BCUT2D eigenvalue weighted by Gasteiger charge is 2.16. The van der Waals surface area contributed by atoms with E-state index in [4.69, 9.17) is 22.1 Å². The Morgan fingerprint density at radius 1 is 1.35 bits per heavy atom. The summed E-state index contributed by atoms with van der Waals surface area (Å²) in [6.45, 7) is 4.31. The molecule has 2 aromatic heterocycles. The van der Waals surface area contributed by atoms with Crippen LogP contribution < -0.4 is 10.5 Å². The first-order valence-corrected chi connectivity index (χ1v) is 7.45. The van der Waals surface area contributed by atoms with Crippen LogP contribution >= 0.6 is 22.9 Å². The highest BCUT2D eigenvalue weighted by atomic mass is 35.5. The number of fused-ring (bicyclic) bond motifs is 1. The molecule has 0 saturated heterocycles. The van der Waals surface area contributed by atoms with Crippen molar-refractivity contribution in [1.29, 1.82) is 0 Å². The van der Waals surface area contributed by atoms with Crippen molar-refractivity contribution in [1.82, 2.24) is 9.38 Å². The van der Waals surface area contributed by atoms with Gasteiger partial charge >= 0.3 is 0 Å². The minimum Gasteiger partial charge on any atom is -0.437 e. The summed E-state index contributed by atoms with van der Waals surface area (Å²) in [6.07, 6.45) is 1.95. The number of imidazole rings is 1. The minimum atomic E-state index is 0.374. The third-order valence-corrected chi connectivity index (χ3v) is 4.12. The predicted molar refractivity (Wildman–Crippen MR) is 82.0 cm³/mol. The number of hydrogen-bond donors (Lipinski definition) is 1. The lowest BCUT2D eigenvalue weighted by molar-refractivity contribution is 0.452. The number of nitrogens with zero attached hydrogens (tertiary/aromatic N) is 2. The molecule has 0 unspecified atom stereocenters. The average molecular weight is 308 g/mol. The molecule has 0 aliphatic carbocycles. The van der Waals surface area contributed by atoms with Gasteiger partial charge in [-0.3, -0.25) is 4.40 Å². The van der Waals surface area contributed by atoms with E-state index in [2.05, 4.69) is 4.98 Å². The Kier molecular flexibility index (Phi) is 3.41. The molecule has 0 spiro atoms. The average Bonchev–Trinajstić information content (AvgIpc) is 2.93. The number of benzene rings is 1. The van der Waals surface area contributed by atoms with E-state index in [1.165, 1.54) is 0 Å². The van der Waals surface area contributed by atoms with Gasteiger partial charge in [-0.15, -0.1) is 11.3 Å². The van der Waals surface area contributed by atoms with Gasteiger partial charge in [0.2, 0.25) is 5.88 Å². The standard InChI is InChI=1S/C14H14ClN3OS/c1-8-5-10(15)6-9(2)12(8)19-13-11(7-16)18-3-4-20-14(18)17-13/h3-6H,7,16H2,1-2H3. The van der Waals surface area contributed by atoms with Crippen LogP contribution in [0.15, 0.2) is 23.7 Å². The molecule has 0 aliphatic rings. The number of ether oxygens (including phenoxy) is 1. The van der Waals surface area contributed by atoms with E-state index in [1.54, 1.807) is 11.3 Å². The lowest BCUT2D eigenvalue weighted by atomic mass is 10.1. The third-order valence-electron chi connectivity index (χ3n) is 3.14. The van der Waals surface area contributed by atoms with Gasteiger partial charge in [-0.05, 0) is 37.1 Å². The molecule has 0 atom stereocenters. The van der Waals surface area contributed by atoms with E-state index in [9.17, 15) is 0 Å². The number of aromatic nitrogens is 2. The molecular weight excluding hydrogens is 294 g/mol. The van der Waals surface area contributed by atoms with E-state index in [0.717, 1.165) is 27.5 Å². The van der Waals surface area contributed by atoms with Gasteiger partial charge in [0.1, 0.15) is 11.4 Å². The van der Waals surface area contributed by atoms with Crippen molar-refractivity contribution in [3.8, 4) is 11.6 Å². The zero-order valence-electron chi connectivity index (χ0n) is 11.2. The predicted octanol–water partition coefficient (Wildman–Crippen LogP) is 3.92. The maximum absolute atomic E-state index is 6.04. The van der Waals surface area contributed by atoms with Crippen LogP contribution in [0.5, 0.6) is 11.6 Å². The number of aryl methyl sites for hydroxylation is 2. The summed E-state index contributed by atoms with van der Waals surface area (Å²) < 4.78 is 7.96. The van der Waals surface area contributed by atoms with Gasteiger partial charge in [0, 0.05) is 23.1 Å². The smallest absolute Gasteiger partial charge is 0.243 e. The lowest BCUT2D eigenvalue weighted by Crippen LogP contribution is -2.02. The molecule has 3 rings (SSSR count). The monoisotopic (exact) mass is 307 g/mol. The van der Waals surface area contributed by atoms with Crippen LogP contribution in [-0.2, 0) is 6.54 Å². The van der Waals surface area contributed by atoms with E-state index < -0.39 is 0 Å². The van der Waals surface area contributed by atoms with Crippen molar-refractivity contribution in [2.24, 2.45) is 5.73 Å². The molecule has 0 fully saturated rings. The fourth-order valence-electron chi connectivity index (χ4n) is 2.24. The van der Waals surface area contributed by atoms with E-state index in [1.807, 2.05) is 42.0 Å². The van der Waals surface area contributed by atoms with Crippen molar-refractivity contribution < 1.29 is 4.74 Å². The van der Waals surface area contributed by atoms with Crippen LogP contribution in [0.4, 0.5) is 0 Å². The minimum absolute atomic E-state index is 0.374. The number of thiazole rings is 1. The molecule has 0 aliphatic heterocycles. The third kappa shape index (κ3) is 2.18. The SMILES string of the molecule is Cc1cc(Cl)cc(C)c1Oc1nc2sccn2c1CN. The summed E-state index contributed by atoms with van der Waals surface area (Å²) in [5.41, 5.74) is 8.65. The van der Waals surface area contributed by atoms with Crippen LogP contribution in [0.2, 0.25) is 5.02 Å². The van der Waals surface area contributed by atoms with Gasteiger partial charge in [0.15, 0.2) is 4.96 Å². The van der Waals surface area contributed by atoms with Crippen LogP contribution in [0.3, 0.4) is 0 Å². The molecule has 2 heterocycles. The van der Waals surface area contributed by atoms with E-state index in [0.29, 0.717) is 17.4 Å². The Morgan fingerprint density at radius 3 is 2.70 bits per heavy atom.